The van der Waals surface area contributed by atoms with Crippen LogP contribution in [0, 0.1) is 0 Å². The van der Waals surface area contributed by atoms with E-state index in [-0.39, 0.29) is 13.2 Å². The monoisotopic (exact) mass is 258 g/mol. The molecule has 0 aromatic heterocycles. The van der Waals surface area contributed by atoms with Crippen LogP contribution in [0.3, 0.4) is 0 Å². The van der Waals surface area contributed by atoms with Crippen LogP contribution < -0.4 is 11.1 Å². The standard InChI is InChI=1S/C12H22N2O4/c1-2-18-11(17)9(13)10(16)14-12(8-15)6-4-3-5-7-12/h9,15H,2-8,13H2,1H3,(H,14,16). The molecule has 0 spiro atoms. The number of nitrogens with one attached hydrogen (secondary N) is 1. The molecule has 6 nitrogen and oxygen atoms in total. The molecule has 18 heavy (non-hydrogen) atoms. The maximum atomic E-state index is 11.8. The zero-order valence-electron chi connectivity index (χ0n) is 10.8. The molecule has 1 amide bonds. The second-order valence-corrected chi connectivity index (χ2v) is 4.72. The lowest BCUT2D eigenvalue weighted by Crippen LogP contribution is -2.58. The van der Waals surface area contributed by atoms with Gasteiger partial charge in [-0.15, -0.1) is 0 Å². The number of hydrogen-bond acceptors (Lipinski definition) is 5. The van der Waals surface area contributed by atoms with Gasteiger partial charge in [0, 0.05) is 0 Å². The first-order valence-electron chi connectivity index (χ1n) is 6.40. The number of amides is 1. The molecule has 0 heterocycles. The summed E-state index contributed by atoms with van der Waals surface area (Å²) < 4.78 is 4.69. The van der Waals surface area contributed by atoms with E-state index in [1.54, 1.807) is 6.92 Å². The predicted octanol–water partition coefficient (Wildman–Crippen LogP) is -0.312. The minimum absolute atomic E-state index is 0.131. The van der Waals surface area contributed by atoms with Gasteiger partial charge in [-0.2, -0.15) is 0 Å². The Morgan fingerprint density at radius 2 is 2.00 bits per heavy atom. The van der Waals surface area contributed by atoms with Gasteiger partial charge in [0.2, 0.25) is 5.91 Å². The largest absolute Gasteiger partial charge is 0.464 e. The van der Waals surface area contributed by atoms with Gasteiger partial charge in [0.15, 0.2) is 6.04 Å². The quantitative estimate of drug-likeness (QED) is 0.464. The van der Waals surface area contributed by atoms with Gasteiger partial charge >= 0.3 is 5.97 Å². The Morgan fingerprint density at radius 3 is 2.50 bits per heavy atom. The summed E-state index contributed by atoms with van der Waals surface area (Å²) in [5.74, 6) is -1.32. The van der Waals surface area contributed by atoms with E-state index in [2.05, 4.69) is 5.32 Å². The maximum Gasteiger partial charge on any atom is 0.332 e. The summed E-state index contributed by atoms with van der Waals surface area (Å²) in [6.45, 7) is 1.71. The van der Waals surface area contributed by atoms with Gasteiger partial charge in [0.1, 0.15) is 0 Å². The van der Waals surface area contributed by atoms with Crippen LogP contribution in [-0.4, -0.2) is 41.8 Å². The lowest BCUT2D eigenvalue weighted by molar-refractivity contribution is -0.148. The van der Waals surface area contributed by atoms with E-state index in [0.29, 0.717) is 12.8 Å². The van der Waals surface area contributed by atoms with E-state index in [9.17, 15) is 14.7 Å². The van der Waals surface area contributed by atoms with Crippen molar-refractivity contribution < 1.29 is 19.4 Å². The number of carbonyl (C=O) groups is 2. The molecule has 1 aliphatic rings. The Balaban J connectivity index is 2.58. The van der Waals surface area contributed by atoms with Crippen molar-refractivity contribution in [2.45, 2.75) is 50.6 Å². The number of rotatable bonds is 5. The molecular formula is C12H22N2O4. The Kier molecular flexibility index (Phi) is 5.55. The van der Waals surface area contributed by atoms with Crippen LogP contribution in [0.4, 0.5) is 0 Å². The highest BCUT2D eigenvalue weighted by molar-refractivity contribution is 6.01. The molecule has 0 radical (unpaired) electrons. The minimum Gasteiger partial charge on any atom is -0.464 e. The topological polar surface area (TPSA) is 102 Å². The van der Waals surface area contributed by atoms with Crippen molar-refractivity contribution in [1.29, 1.82) is 0 Å². The lowest BCUT2D eigenvalue weighted by atomic mass is 9.82. The molecule has 1 fully saturated rings. The van der Waals surface area contributed by atoms with Crippen molar-refractivity contribution in [3.05, 3.63) is 0 Å². The molecule has 1 aliphatic carbocycles. The zero-order valence-corrected chi connectivity index (χ0v) is 10.8. The highest BCUT2D eigenvalue weighted by Gasteiger charge is 2.35. The average molecular weight is 258 g/mol. The SMILES string of the molecule is CCOC(=O)C(N)C(=O)NC1(CO)CCCCC1. The van der Waals surface area contributed by atoms with E-state index < -0.39 is 23.5 Å². The van der Waals surface area contributed by atoms with Crippen molar-refractivity contribution in [2.24, 2.45) is 5.73 Å². The molecule has 1 saturated carbocycles. The summed E-state index contributed by atoms with van der Waals surface area (Å²) in [5.41, 5.74) is 4.88. The van der Waals surface area contributed by atoms with Crippen LogP contribution in [0.2, 0.25) is 0 Å². The molecule has 0 saturated heterocycles. The number of esters is 1. The fraction of sp³-hybridized carbons (Fsp3) is 0.833. The average Bonchev–Trinajstić information content (AvgIpc) is 2.39. The third-order valence-corrected chi connectivity index (χ3v) is 3.32. The lowest BCUT2D eigenvalue weighted by Gasteiger charge is -2.36. The normalized spacial score (nSPS) is 19.9. The minimum atomic E-state index is -1.32. The third kappa shape index (κ3) is 3.68. The number of carbonyl (C=O) groups excluding carboxylic acids is 2. The fourth-order valence-electron chi connectivity index (χ4n) is 2.23. The smallest absolute Gasteiger partial charge is 0.332 e. The predicted molar refractivity (Wildman–Crippen MR) is 65.7 cm³/mol. The van der Waals surface area contributed by atoms with Crippen molar-refractivity contribution >= 4 is 11.9 Å². The first-order chi connectivity index (χ1) is 8.54. The highest BCUT2D eigenvalue weighted by atomic mass is 16.5. The van der Waals surface area contributed by atoms with Crippen LogP contribution in [0.5, 0.6) is 0 Å². The Bertz CT molecular complexity index is 300. The number of aliphatic hydroxyl groups is 1. The molecule has 0 aromatic carbocycles. The molecule has 104 valence electrons. The molecule has 0 aromatic rings. The molecule has 1 atom stereocenters. The van der Waals surface area contributed by atoms with Crippen LogP contribution in [0.25, 0.3) is 0 Å². The van der Waals surface area contributed by atoms with Gasteiger partial charge in [-0.1, -0.05) is 19.3 Å². The number of ether oxygens (including phenoxy) is 1. The van der Waals surface area contributed by atoms with Gasteiger partial charge in [-0.05, 0) is 19.8 Å². The second-order valence-electron chi connectivity index (χ2n) is 4.72. The molecule has 6 heteroatoms. The summed E-state index contributed by atoms with van der Waals surface area (Å²) in [4.78, 5) is 23.2. The first-order valence-corrected chi connectivity index (χ1v) is 6.40. The van der Waals surface area contributed by atoms with Gasteiger partial charge in [-0.25, -0.2) is 4.79 Å². The Hall–Kier alpha value is -1.14. The summed E-state index contributed by atoms with van der Waals surface area (Å²) in [7, 11) is 0. The van der Waals surface area contributed by atoms with E-state index in [0.717, 1.165) is 19.3 Å². The van der Waals surface area contributed by atoms with E-state index >= 15 is 0 Å². The number of aliphatic hydroxyl groups excluding tert-OH is 1. The molecule has 1 unspecified atom stereocenters. The Labute approximate surface area is 107 Å². The number of hydrogen-bond donors (Lipinski definition) is 3. The summed E-state index contributed by atoms with van der Waals surface area (Å²) in [6, 6.07) is -1.32. The van der Waals surface area contributed by atoms with Crippen molar-refractivity contribution in [2.75, 3.05) is 13.2 Å². The number of nitrogens with two attached hydrogens (primary N) is 1. The van der Waals surface area contributed by atoms with E-state index in [1.807, 2.05) is 0 Å². The van der Waals surface area contributed by atoms with Crippen LogP contribution in [-0.2, 0) is 14.3 Å². The van der Waals surface area contributed by atoms with Crippen molar-refractivity contribution in [1.82, 2.24) is 5.32 Å². The van der Waals surface area contributed by atoms with Crippen molar-refractivity contribution in [3.63, 3.8) is 0 Å². The van der Waals surface area contributed by atoms with Gasteiger partial charge in [0.25, 0.3) is 0 Å². The summed E-state index contributed by atoms with van der Waals surface area (Å²) in [6.07, 6.45) is 4.43. The van der Waals surface area contributed by atoms with Gasteiger partial charge < -0.3 is 20.9 Å². The summed E-state index contributed by atoms with van der Waals surface area (Å²) in [5, 5.41) is 12.1. The van der Waals surface area contributed by atoms with Crippen LogP contribution >= 0.6 is 0 Å². The Morgan fingerprint density at radius 1 is 1.39 bits per heavy atom. The van der Waals surface area contributed by atoms with E-state index in [1.165, 1.54) is 0 Å². The molecule has 0 bridgehead atoms. The van der Waals surface area contributed by atoms with Gasteiger partial charge in [-0.3, -0.25) is 4.79 Å². The van der Waals surface area contributed by atoms with Crippen LogP contribution in [0.1, 0.15) is 39.0 Å². The maximum absolute atomic E-state index is 11.8. The van der Waals surface area contributed by atoms with E-state index in [4.69, 9.17) is 10.5 Å². The van der Waals surface area contributed by atoms with Crippen molar-refractivity contribution in [3.8, 4) is 0 Å². The fourth-order valence-corrected chi connectivity index (χ4v) is 2.23. The molecular weight excluding hydrogens is 236 g/mol. The molecule has 0 aliphatic heterocycles. The third-order valence-electron chi connectivity index (χ3n) is 3.32. The second kappa shape index (κ2) is 6.70. The molecule has 4 N–H and O–H groups in total. The summed E-state index contributed by atoms with van der Waals surface area (Å²) >= 11 is 0. The van der Waals surface area contributed by atoms with Gasteiger partial charge in [0.05, 0.1) is 18.8 Å². The first kappa shape index (κ1) is 14.9. The van der Waals surface area contributed by atoms with Crippen LogP contribution in [0.15, 0.2) is 0 Å². The highest BCUT2D eigenvalue weighted by Crippen LogP contribution is 2.27. The molecule has 1 rings (SSSR count). The zero-order chi connectivity index (χ0) is 13.6.